The number of aromatic nitrogens is 2. The number of carboxylic acid groups (broad SMARTS) is 1. The molecule has 0 amide bonds. The average Bonchev–Trinajstić information content (AvgIpc) is 2.92. The third kappa shape index (κ3) is 3.74. The average molecular weight is 301 g/mol. The molecule has 0 bridgehead atoms. The minimum atomic E-state index is -0.765. The normalized spacial score (nSPS) is 11.6. The van der Waals surface area contributed by atoms with E-state index in [1.165, 1.54) is 5.56 Å². The molecule has 0 radical (unpaired) electrons. The van der Waals surface area contributed by atoms with Gasteiger partial charge in [0, 0.05) is 12.7 Å². The van der Waals surface area contributed by atoms with Crippen molar-refractivity contribution < 1.29 is 9.90 Å². The number of nitrogens with zero attached hydrogens (tertiary/aromatic N) is 2. The van der Waals surface area contributed by atoms with Gasteiger partial charge in [-0.2, -0.15) is 5.10 Å². The summed E-state index contributed by atoms with van der Waals surface area (Å²) >= 11 is 0. The number of carbonyl (C=O) groups is 1. The number of hydrogen-bond acceptors (Lipinski definition) is 3. The van der Waals surface area contributed by atoms with E-state index in [-0.39, 0.29) is 0 Å². The minimum absolute atomic E-state index is 0.584. The highest BCUT2D eigenvalue weighted by Crippen LogP contribution is 2.19. The molecule has 0 fully saturated rings. The zero-order chi connectivity index (χ0) is 16.2. The Kier molecular flexibility index (Phi) is 4.98. The zero-order valence-electron chi connectivity index (χ0n) is 13.3. The van der Waals surface area contributed by atoms with Crippen molar-refractivity contribution >= 4 is 5.97 Å². The van der Waals surface area contributed by atoms with E-state index in [1.807, 2.05) is 28.9 Å². The summed E-state index contributed by atoms with van der Waals surface area (Å²) in [5.41, 5.74) is 2.58. The summed E-state index contributed by atoms with van der Waals surface area (Å²) in [5, 5.41) is 16.8. The molecule has 0 aliphatic rings. The van der Waals surface area contributed by atoms with Crippen LogP contribution in [0.5, 0.6) is 0 Å². The highest BCUT2D eigenvalue weighted by atomic mass is 16.4. The Bertz CT molecular complexity index is 647. The lowest BCUT2D eigenvalue weighted by atomic mass is 9.90. The van der Waals surface area contributed by atoms with Gasteiger partial charge in [-0.05, 0) is 51.4 Å². The van der Waals surface area contributed by atoms with E-state index in [2.05, 4.69) is 23.4 Å². The van der Waals surface area contributed by atoms with Crippen LogP contribution in [0.25, 0.3) is 5.69 Å². The summed E-state index contributed by atoms with van der Waals surface area (Å²) in [4.78, 5) is 11.1. The lowest BCUT2D eigenvalue weighted by Gasteiger charge is -2.19. The minimum Gasteiger partial charge on any atom is -0.481 e. The van der Waals surface area contributed by atoms with Crippen molar-refractivity contribution in [3.05, 3.63) is 47.8 Å². The van der Waals surface area contributed by atoms with Crippen LogP contribution in [0.2, 0.25) is 0 Å². The van der Waals surface area contributed by atoms with Crippen LogP contribution in [-0.2, 0) is 11.3 Å². The molecular formula is C17H23N3O2. The van der Waals surface area contributed by atoms with Crippen LogP contribution in [0.4, 0.5) is 0 Å². The van der Waals surface area contributed by atoms with Crippen LogP contribution < -0.4 is 5.32 Å². The summed E-state index contributed by atoms with van der Waals surface area (Å²) < 4.78 is 1.92. The monoisotopic (exact) mass is 301 g/mol. The molecule has 0 unspecified atom stereocenters. The molecule has 0 aliphatic heterocycles. The van der Waals surface area contributed by atoms with Crippen LogP contribution in [0.1, 0.15) is 31.5 Å². The van der Waals surface area contributed by atoms with Crippen LogP contribution in [-0.4, -0.2) is 27.4 Å². The maximum Gasteiger partial charge on any atom is 0.309 e. The van der Waals surface area contributed by atoms with E-state index in [0.717, 1.165) is 11.4 Å². The first-order valence-corrected chi connectivity index (χ1v) is 7.45. The Morgan fingerprint density at radius 1 is 1.32 bits per heavy atom. The summed E-state index contributed by atoms with van der Waals surface area (Å²) in [6, 6.07) is 10.1. The van der Waals surface area contributed by atoms with Crippen LogP contribution >= 0.6 is 0 Å². The number of aliphatic carboxylic acids is 1. The second kappa shape index (κ2) is 6.75. The molecule has 1 aromatic heterocycles. The predicted octanol–water partition coefficient (Wildman–Crippen LogP) is 2.77. The molecular weight excluding hydrogens is 278 g/mol. The van der Waals surface area contributed by atoms with Gasteiger partial charge in [0.1, 0.15) is 0 Å². The molecule has 0 atom stereocenters. The SMILES string of the molecule is Cc1ccccc1-n1nccc1CNCCC(C)(C)C(=O)O. The van der Waals surface area contributed by atoms with Crippen molar-refractivity contribution in [3.63, 3.8) is 0 Å². The quantitative estimate of drug-likeness (QED) is 0.772. The Labute approximate surface area is 131 Å². The molecule has 0 spiro atoms. The van der Waals surface area contributed by atoms with Gasteiger partial charge in [0.25, 0.3) is 0 Å². The third-order valence-corrected chi connectivity index (χ3v) is 3.88. The number of hydrogen-bond donors (Lipinski definition) is 2. The number of aryl methyl sites for hydroxylation is 1. The standard InChI is InChI=1S/C17H23N3O2/c1-13-6-4-5-7-15(13)20-14(8-10-19-20)12-18-11-9-17(2,3)16(21)22/h4-8,10,18H,9,11-12H2,1-3H3,(H,21,22). The van der Waals surface area contributed by atoms with Gasteiger partial charge in [0.2, 0.25) is 0 Å². The number of nitrogens with one attached hydrogen (secondary N) is 1. The summed E-state index contributed by atoms with van der Waals surface area (Å²) in [6.07, 6.45) is 2.37. The second-order valence-electron chi connectivity index (χ2n) is 6.14. The van der Waals surface area contributed by atoms with E-state index in [4.69, 9.17) is 5.11 Å². The molecule has 0 saturated carbocycles. The number of rotatable bonds is 7. The maximum atomic E-state index is 11.1. The van der Waals surface area contributed by atoms with E-state index in [0.29, 0.717) is 19.5 Å². The molecule has 22 heavy (non-hydrogen) atoms. The summed E-state index contributed by atoms with van der Waals surface area (Å²) in [5.74, 6) is -0.765. The fourth-order valence-electron chi connectivity index (χ4n) is 2.21. The first kappa shape index (κ1) is 16.2. The molecule has 0 aliphatic carbocycles. The van der Waals surface area contributed by atoms with Gasteiger partial charge in [-0.25, -0.2) is 4.68 Å². The number of para-hydroxylation sites is 1. The highest BCUT2D eigenvalue weighted by molar-refractivity contribution is 5.73. The molecule has 2 rings (SSSR count). The van der Waals surface area contributed by atoms with Crippen molar-refractivity contribution in [2.24, 2.45) is 5.41 Å². The predicted molar refractivity (Wildman–Crippen MR) is 86.0 cm³/mol. The van der Waals surface area contributed by atoms with Gasteiger partial charge in [-0.3, -0.25) is 4.79 Å². The van der Waals surface area contributed by atoms with Crippen LogP contribution in [0.15, 0.2) is 36.5 Å². The smallest absolute Gasteiger partial charge is 0.309 e. The fraction of sp³-hybridized carbons (Fsp3) is 0.412. The molecule has 5 nitrogen and oxygen atoms in total. The molecule has 5 heteroatoms. The lowest BCUT2D eigenvalue weighted by Crippen LogP contribution is -2.29. The topological polar surface area (TPSA) is 67.2 Å². The zero-order valence-corrected chi connectivity index (χ0v) is 13.3. The van der Waals surface area contributed by atoms with E-state index in [1.54, 1.807) is 20.0 Å². The first-order valence-electron chi connectivity index (χ1n) is 7.45. The van der Waals surface area contributed by atoms with Gasteiger partial charge in [0.05, 0.1) is 16.8 Å². The van der Waals surface area contributed by atoms with E-state index >= 15 is 0 Å². The van der Waals surface area contributed by atoms with Crippen molar-refractivity contribution in [2.45, 2.75) is 33.7 Å². The van der Waals surface area contributed by atoms with Crippen molar-refractivity contribution in [1.29, 1.82) is 0 Å². The molecule has 0 saturated heterocycles. The maximum absolute atomic E-state index is 11.1. The number of carboxylic acids is 1. The van der Waals surface area contributed by atoms with Crippen molar-refractivity contribution in [2.75, 3.05) is 6.54 Å². The van der Waals surface area contributed by atoms with E-state index in [9.17, 15) is 4.79 Å². The molecule has 1 heterocycles. The number of benzene rings is 1. The third-order valence-electron chi connectivity index (χ3n) is 3.88. The molecule has 2 aromatic rings. The van der Waals surface area contributed by atoms with Crippen molar-refractivity contribution in [3.8, 4) is 5.69 Å². The van der Waals surface area contributed by atoms with Gasteiger partial charge in [0.15, 0.2) is 0 Å². The molecule has 1 aromatic carbocycles. The Morgan fingerprint density at radius 2 is 2.05 bits per heavy atom. The Morgan fingerprint density at radius 3 is 2.73 bits per heavy atom. The molecule has 2 N–H and O–H groups in total. The van der Waals surface area contributed by atoms with Crippen LogP contribution in [0.3, 0.4) is 0 Å². The van der Waals surface area contributed by atoms with Gasteiger partial charge in [-0.1, -0.05) is 18.2 Å². The lowest BCUT2D eigenvalue weighted by molar-refractivity contribution is -0.147. The van der Waals surface area contributed by atoms with E-state index < -0.39 is 11.4 Å². The van der Waals surface area contributed by atoms with Gasteiger partial charge < -0.3 is 10.4 Å². The highest BCUT2D eigenvalue weighted by Gasteiger charge is 2.26. The van der Waals surface area contributed by atoms with Crippen LogP contribution in [0, 0.1) is 12.3 Å². The van der Waals surface area contributed by atoms with Gasteiger partial charge >= 0.3 is 5.97 Å². The Hall–Kier alpha value is -2.14. The Balaban J connectivity index is 1.97. The first-order chi connectivity index (χ1) is 10.4. The fourth-order valence-corrected chi connectivity index (χ4v) is 2.21. The largest absolute Gasteiger partial charge is 0.481 e. The molecule has 118 valence electrons. The van der Waals surface area contributed by atoms with Gasteiger partial charge in [-0.15, -0.1) is 0 Å². The summed E-state index contributed by atoms with van der Waals surface area (Å²) in [7, 11) is 0. The summed E-state index contributed by atoms with van der Waals surface area (Å²) in [6.45, 7) is 6.86. The second-order valence-corrected chi connectivity index (χ2v) is 6.14. The van der Waals surface area contributed by atoms with Crippen molar-refractivity contribution in [1.82, 2.24) is 15.1 Å².